The van der Waals surface area contributed by atoms with Crippen LogP contribution in [0.5, 0.6) is 17.4 Å². The second kappa shape index (κ2) is 9.98. The third-order valence-corrected chi connectivity index (χ3v) is 4.13. The second-order valence-electron chi connectivity index (χ2n) is 5.76. The first kappa shape index (κ1) is 21.6. The zero-order chi connectivity index (χ0) is 20.0. The highest BCUT2D eigenvalue weighted by Crippen LogP contribution is 2.34. The number of hydrogen-bond acceptors (Lipinski definition) is 6. The van der Waals surface area contributed by atoms with Gasteiger partial charge in [-0.15, -0.1) is 0 Å². The first-order valence-electron chi connectivity index (χ1n) is 7.90. The molecule has 0 aliphatic heterocycles. The van der Waals surface area contributed by atoms with E-state index in [1.54, 1.807) is 7.05 Å². The Morgan fingerprint density at radius 3 is 2.67 bits per heavy atom. The Balaban J connectivity index is 2.16. The van der Waals surface area contributed by atoms with Crippen molar-refractivity contribution in [2.24, 2.45) is 5.92 Å². The van der Waals surface area contributed by atoms with Crippen molar-refractivity contribution in [2.45, 2.75) is 13.8 Å². The van der Waals surface area contributed by atoms with Gasteiger partial charge < -0.3 is 9.47 Å². The third kappa shape index (κ3) is 6.14. The Labute approximate surface area is 171 Å². The Bertz CT molecular complexity index is 824. The number of rotatable bonds is 8. The fourth-order valence-electron chi connectivity index (χ4n) is 1.88. The quantitative estimate of drug-likeness (QED) is 0.578. The van der Waals surface area contributed by atoms with E-state index in [0.29, 0.717) is 12.5 Å². The van der Waals surface area contributed by atoms with Crippen molar-refractivity contribution in [1.82, 2.24) is 14.4 Å². The van der Waals surface area contributed by atoms with Gasteiger partial charge in [0.05, 0.1) is 23.4 Å². The molecule has 1 heterocycles. The first-order valence-corrected chi connectivity index (χ1v) is 9.47. The smallest absolute Gasteiger partial charge is 0.265 e. The van der Waals surface area contributed by atoms with Crippen molar-refractivity contribution >= 4 is 41.2 Å². The van der Waals surface area contributed by atoms with Gasteiger partial charge in [0.25, 0.3) is 5.91 Å². The number of ether oxygens (including phenoxy) is 2. The van der Waals surface area contributed by atoms with Crippen LogP contribution in [0.25, 0.3) is 0 Å². The first-order chi connectivity index (χ1) is 12.8. The Morgan fingerprint density at radius 1 is 1.30 bits per heavy atom. The molecule has 0 bridgehead atoms. The number of carbonyl (C=O) groups is 1. The maximum Gasteiger partial charge on any atom is 0.265 e. The summed E-state index contributed by atoms with van der Waals surface area (Å²) >= 11 is 13.2. The maximum absolute atomic E-state index is 14.2. The van der Waals surface area contributed by atoms with Crippen LogP contribution in [0, 0.1) is 11.7 Å². The van der Waals surface area contributed by atoms with Crippen LogP contribution < -0.4 is 18.9 Å². The van der Waals surface area contributed by atoms with E-state index in [2.05, 4.69) is 14.4 Å². The van der Waals surface area contributed by atoms with E-state index in [9.17, 15) is 9.18 Å². The lowest BCUT2D eigenvalue weighted by Gasteiger charge is -2.12. The zero-order valence-electron chi connectivity index (χ0n) is 14.8. The van der Waals surface area contributed by atoms with Gasteiger partial charge in [-0.2, -0.15) is 0 Å². The number of aromatic nitrogens is 1. The molecule has 0 saturated carbocycles. The van der Waals surface area contributed by atoms with Crippen LogP contribution >= 0.6 is 35.3 Å². The van der Waals surface area contributed by atoms with Crippen molar-refractivity contribution in [1.29, 1.82) is 0 Å². The molecule has 2 N–H and O–H groups in total. The molecule has 0 spiro atoms. The van der Waals surface area contributed by atoms with E-state index in [4.69, 9.17) is 32.7 Å². The molecule has 0 saturated heterocycles. The topological polar surface area (TPSA) is 72.5 Å². The lowest BCUT2D eigenvalue weighted by Crippen LogP contribution is -2.20. The Hall–Kier alpha value is -1.74. The Kier molecular flexibility index (Phi) is 7.97. The summed E-state index contributed by atoms with van der Waals surface area (Å²) in [6.45, 7) is 4.48. The van der Waals surface area contributed by atoms with E-state index in [0.717, 1.165) is 18.2 Å². The minimum Gasteiger partial charge on any atom is -0.476 e. The molecule has 2 rings (SSSR count). The molecule has 1 amide bonds. The average Bonchev–Trinajstić information content (AvgIpc) is 2.61. The standard InChI is InChI=1S/C17H18Cl2FN3O3S/c1-9(2)8-25-17-13(19)4-10(7-22-17)26-15-6-14(20)11(5-12(15)18)16(24)23-27-21-3/h4-7,9,21H,8H2,1-3H3,(H,23,24). The van der Waals surface area contributed by atoms with Crippen molar-refractivity contribution < 1.29 is 18.7 Å². The molecule has 1 aromatic carbocycles. The van der Waals surface area contributed by atoms with Crippen LogP contribution in [0.15, 0.2) is 24.4 Å². The SMILES string of the molecule is CNSNC(=O)c1cc(Cl)c(Oc2cnc(OCC(C)C)c(Cl)c2)cc1F. The second-order valence-corrected chi connectivity index (χ2v) is 7.40. The highest BCUT2D eigenvalue weighted by molar-refractivity contribution is 7.96. The molecule has 146 valence electrons. The summed E-state index contributed by atoms with van der Waals surface area (Å²) in [5.41, 5.74) is -0.205. The van der Waals surface area contributed by atoms with Crippen LogP contribution in [0.4, 0.5) is 4.39 Å². The molecular formula is C17H18Cl2FN3O3S. The predicted molar refractivity (Wildman–Crippen MR) is 105 cm³/mol. The van der Waals surface area contributed by atoms with Gasteiger partial charge in [-0.25, -0.2) is 14.1 Å². The summed E-state index contributed by atoms with van der Waals surface area (Å²) in [7, 11) is 1.61. The molecule has 0 atom stereocenters. The summed E-state index contributed by atoms with van der Waals surface area (Å²) in [5.74, 6) is -0.523. The molecule has 2 aromatic rings. The highest BCUT2D eigenvalue weighted by atomic mass is 35.5. The monoisotopic (exact) mass is 433 g/mol. The lowest BCUT2D eigenvalue weighted by atomic mass is 10.2. The molecule has 0 fully saturated rings. The van der Waals surface area contributed by atoms with Gasteiger partial charge in [0.2, 0.25) is 5.88 Å². The third-order valence-electron chi connectivity index (χ3n) is 3.08. The number of pyridine rings is 1. The van der Waals surface area contributed by atoms with Gasteiger partial charge in [0, 0.05) is 24.3 Å². The van der Waals surface area contributed by atoms with Crippen molar-refractivity contribution in [2.75, 3.05) is 13.7 Å². The predicted octanol–water partition coefficient (Wildman–Crippen LogP) is 4.87. The van der Waals surface area contributed by atoms with Crippen LogP contribution in [0.3, 0.4) is 0 Å². The zero-order valence-corrected chi connectivity index (χ0v) is 17.1. The summed E-state index contributed by atoms with van der Waals surface area (Å²) in [6.07, 6.45) is 1.39. The van der Waals surface area contributed by atoms with Crippen LogP contribution in [-0.2, 0) is 0 Å². The van der Waals surface area contributed by atoms with Gasteiger partial charge in [0.1, 0.15) is 22.3 Å². The van der Waals surface area contributed by atoms with E-state index in [1.807, 2.05) is 13.8 Å². The molecule has 27 heavy (non-hydrogen) atoms. The lowest BCUT2D eigenvalue weighted by molar-refractivity contribution is 0.0980. The normalized spacial score (nSPS) is 10.8. The number of carbonyl (C=O) groups excluding carboxylic acids is 1. The number of benzene rings is 1. The minimum absolute atomic E-state index is 0.0284. The molecule has 6 nitrogen and oxygen atoms in total. The van der Waals surface area contributed by atoms with Gasteiger partial charge in [-0.3, -0.25) is 9.52 Å². The minimum atomic E-state index is -0.778. The maximum atomic E-state index is 14.2. The van der Waals surface area contributed by atoms with Crippen LogP contribution in [0.2, 0.25) is 10.0 Å². The van der Waals surface area contributed by atoms with Crippen molar-refractivity contribution in [3.05, 3.63) is 45.8 Å². The largest absolute Gasteiger partial charge is 0.476 e. The van der Waals surface area contributed by atoms with Gasteiger partial charge in [-0.1, -0.05) is 37.0 Å². The average molecular weight is 434 g/mol. The van der Waals surface area contributed by atoms with E-state index in [-0.39, 0.29) is 33.0 Å². The summed E-state index contributed by atoms with van der Waals surface area (Å²) in [5, 5.41) is 0.317. The highest BCUT2D eigenvalue weighted by Gasteiger charge is 2.17. The number of hydrogen-bond donors (Lipinski definition) is 2. The molecular weight excluding hydrogens is 416 g/mol. The molecule has 10 heteroatoms. The number of halogens is 3. The fraction of sp³-hybridized carbons (Fsp3) is 0.294. The van der Waals surface area contributed by atoms with Gasteiger partial charge in [-0.05, 0) is 19.0 Å². The summed E-state index contributed by atoms with van der Waals surface area (Å²) in [4.78, 5) is 16.0. The molecule has 0 aliphatic rings. The van der Waals surface area contributed by atoms with Crippen molar-refractivity contribution in [3.63, 3.8) is 0 Å². The van der Waals surface area contributed by atoms with Gasteiger partial charge >= 0.3 is 0 Å². The molecule has 0 unspecified atom stereocenters. The summed E-state index contributed by atoms with van der Waals surface area (Å²) in [6, 6.07) is 3.70. The van der Waals surface area contributed by atoms with E-state index in [1.165, 1.54) is 18.3 Å². The van der Waals surface area contributed by atoms with E-state index < -0.39 is 11.7 Å². The van der Waals surface area contributed by atoms with Crippen LogP contribution in [-0.4, -0.2) is 24.5 Å². The Morgan fingerprint density at radius 2 is 2.04 bits per heavy atom. The number of nitrogens with one attached hydrogen (secondary N) is 2. The number of amides is 1. The van der Waals surface area contributed by atoms with Gasteiger partial charge in [0.15, 0.2) is 0 Å². The summed E-state index contributed by atoms with van der Waals surface area (Å²) < 4.78 is 30.3. The molecule has 1 aromatic heterocycles. The van der Waals surface area contributed by atoms with E-state index >= 15 is 0 Å². The fourth-order valence-corrected chi connectivity index (χ4v) is 2.59. The number of nitrogens with zero attached hydrogens (tertiary/aromatic N) is 1. The molecule has 0 aliphatic carbocycles. The van der Waals surface area contributed by atoms with Crippen LogP contribution in [0.1, 0.15) is 24.2 Å². The van der Waals surface area contributed by atoms with Crippen molar-refractivity contribution in [3.8, 4) is 17.4 Å². The molecule has 0 radical (unpaired) electrons.